The highest BCUT2D eigenvalue weighted by Crippen LogP contribution is 2.72. The normalized spacial score (nSPS) is 46.7. The number of aliphatic hydroxyl groups excluding tert-OH is 1. The smallest absolute Gasteiger partial charge is 0.0577 e. The topological polar surface area (TPSA) is 20.2 Å². The van der Waals surface area contributed by atoms with Gasteiger partial charge in [0.25, 0.3) is 0 Å². The van der Waals surface area contributed by atoms with Gasteiger partial charge in [-0.15, -0.1) is 0 Å². The third-order valence-corrected chi connectivity index (χ3v) is 12.1. The number of aliphatic hydroxyl groups is 1. The molecule has 0 aromatic rings. The van der Waals surface area contributed by atoms with E-state index in [2.05, 4.69) is 54.5 Å². The lowest BCUT2D eigenvalue weighted by atomic mass is 9.40. The number of allylic oxidation sites excluding steroid dienone is 1. The molecular formula is C30H52O. The van der Waals surface area contributed by atoms with Crippen molar-refractivity contribution in [2.45, 2.75) is 125 Å². The summed E-state index contributed by atoms with van der Waals surface area (Å²) in [5.74, 6) is 5.31. The fourth-order valence-electron chi connectivity index (χ4n) is 9.64. The lowest BCUT2D eigenvalue weighted by Crippen LogP contribution is -2.57. The molecule has 0 spiro atoms. The van der Waals surface area contributed by atoms with E-state index in [1.807, 2.05) is 0 Å². The minimum atomic E-state index is -0.0946. The summed E-state index contributed by atoms with van der Waals surface area (Å²) < 4.78 is 0. The Morgan fingerprint density at radius 2 is 1.71 bits per heavy atom. The molecule has 0 saturated heterocycles. The molecule has 1 N–H and O–H groups in total. The number of rotatable bonds is 6. The highest BCUT2D eigenvalue weighted by Gasteiger charge is 2.63. The second-order valence-corrected chi connectivity index (χ2v) is 13.5. The molecule has 1 nitrogen and oxygen atoms in total. The summed E-state index contributed by atoms with van der Waals surface area (Å²) in [7, 11) is 0. The van der Waals surface area contributed by atoms with E-state index in [9.17, 15) is 5.11 Å². The van der Waals surface area contributed by atoms with Gasteiger partial charge >= 0.3 is 0 Å². The molecule has 0 bridgehead atoms. The molecule has 4 aliphatic rings. The molecule has 0 aromatic heterocycles. The van der Waals surface area contributed by atoms with Crippen molar-refractivity contribution in [3.05, 3.63) is 11.6 Å². The van der Waals surface area contributed by atoms with Gasteiger partial charge in [0.15, 0.2) is 0 Å². The van der Waals surface area contributed by atoms with Crippen molar-refractivity contribution in [3.63, 3.8) is 0 Å². The maximum atomic E-state index is 10.3. The molecule has 4 rings (SSSR count). The zero-order valence-corrected chi connectivity index (χ0v) is 21.8. The van der Waals surface area contributed by atoms with Gasteiger partial charge < -0.3 is 5.11 Å². The predicted octanol–water partition coefficient (Wildman–Crippen LogP) is 8.41. The molecule has 0 radical (unpaired) electrons. The first-order chi connectivity index (χ1) is 14.6. The third-order valence-electron chi connectivity index (χ3n) is 12.1. The van der Waals surface area contributed by atoms with Gasteiger partial charge in [-0.3, -0.25) is 0 Å². The molecule has 0 aliphatic heterocycles. The molecule has 178 valence electrons. The van der Waals surface area contributed by atoms with Gasteiger partial charge in [-0.05, 0) is 110 Å². The van der Waals surface area contributed by atoms with Crippen molar-refractivity contribution in [2.24, 2.45) is 51.8 Å². The van der Waals surface area contributed by atoms with Crippen LogP contribution < -0.4 is 0 Å². The SMILES string of the molecule is CC[C@H](CC[C@@H](C)[C@H]1CC[C@H]2[C@@H]3CC=C4C[C@@H](O)CC[C@]4(C)[C@@]3(C)CC[C@]12C)C(C)C. The van der Waals surface area contributed by atoms with Crippen LogP contribution in [-0.2, 0) is 0 Å². The molecule has 0 amide bonds. The highest BCUT2D eigenvalue weighted by atomic mass is 16.3. The van der Waals surface area contributed by atoms with Crippen molar-refractivity contribution >= 4 is 0 Å². The summed E-state index contributed by atoms with van der Waals surface area (Å²) in [5, 5.41) is 10.3. The first-order valence-electron chi connectivity index (χ1n) is 13.9. The van der Waals surface area contributed by atoms with Gasteiger partial charge in [-0.25, -0.2) is 0 Å². The molecule has 9 atom stereocenters. The van der Waals surface area contributed by atoms with Gasteiger partial charge in [0.2, 0.25) is 0 Å². The Morgan fingerprint density at radius 3 is 2.39 bits per heavy atom. The monoisotopic (exact) mass is 428 g/mol. The molecule has 3 saturated carbocycles. The average molecular weight is 429 g/mol. The quantitative estimate of drug-likeness (QED) is 0.421. The Labute approximate surface area is 193 Å². The summed E-state index contributed by atoms with van der Waals surface area (Å²) in [6.07, 6.45) is 16.9. The number of hydrogen-bond acceptors (Lipinski definition) is 1. The fraction of sp³-hybridized carbons (Fsp3) is 0.933. The van der Waals surface area contributed by atoms with Crippen LogP contribution >= 0.6 is 0 Å². The van der Waals surface area contributed by atoms with E-state index in [4.69, 9.17) is 0 Å². The van der Waals surface area contributed by atoms with Crippen LogP contribution in [0, 0.1) is 51.8 Å². The van der Waals surface area contributed by atoms with Crippen LogP contribution in [0.4, 0.5) is 0 Å². The van der Waals surface area contributed by atoms with Gasteiger partial charge in [-0.1, -0.05) is 73.0 Å². The van der Waals surface area contributed by atoms with E-state index < -0.39 is 0 Å². The second kappa shape index (κ2) is 8.48. The minimum Gasteiger partial charge on any atom is -0.393 e. The molecule has 31 heavy (non-hydrogen) atoms. The standard InChI is InChI=1S/C30H52O/c1-8-22(20(2)3)10-9-21(4)25-13-14-26-27-12-11-23-19-24(31)15-16-29(23,6)30(27,7)18-17-28(25,26)5/h11,20-22,24-27,31H,8-10,12-19H2,1-7H3/t21-,22-,24+,25-,26+,27+,28-,29+,30+/m1/s1. The van der Waals surface area contributed by atoms with Crippen molar-refractivity contribution in [1.82, 2.24) is 0 Å². The Bertz CT molecular complexity index is 678. The van der Waals surface area contributed by atoms with Crippen LogP contribution in [0.25, 0.3) is 0 Å². The van der Waals surface area contributed by atoms with E-state index in [1.165, 1.54) is 57.8 Å². The molecule has 4 aliphatic carbocycles. The van der Waals surface area contributed by atoms with E-state index in [0.717, 1.165) is 48.3 Å². The third kappa shape index (κ3) is 3.68. The highest BCUT2D eigenvalue weighted by molar-refractivity contribution is 5.28. The van der Waals surface area contributed by atoms with E-state index in [-0.39, 0.29) is 6.10 Å². The van der Waals surface area contributed by atoms with E-state index >= 15 is 0 Å². The molecular weight excluding hydrogens is 376 g/mol. The zero-order chi connectivity index (χ0) is 22.6. The van der Waals surface area contributed by atoms with Gasteiger partial charge in [0.05, 0.1) is 6.10 Å². The Balaban J connectivity index is 1.52. The maximum Gasteiger partial charge on any atom is 0.0577 e. The minimum absolute atomic E-state index is 0.0946. The van der Waals surface area contributed by atoms with Gasteiger partial charge in [0, 0.05) is 0 Å². The van der Waals surface area contributed by atoms with Gasteiger partial charge in [0.1, 0.15) is 0 Å². The molecule has 3 fully saturated rings. The van der Waals surface area contributed by atoms with Crippen LogP contribution in [-0.4, -0.2) is 11.2 Å². The fourth-order valence-corrected chi connectivity index (χ4v) is 9.64. The van der Waals surface area contributed by atoms with Gasteiger partial charge in [-0.2, -0.15) is 0 Å². The van der Waals surface area contributed by atoms with Crippen molar-refractivity contribution in [3.8, 4) is 0 Å². The van der Waals surface area contributed by atoms with Crippen LogP contribution in [0.1, 0.15) is 119 Å². The first kappa shape index (κ1) is 23.8. The van der Waals surface area contributed by atoms with Crippen LogP contribution in [0.5, 0.6) is 0 Å². The largest absolute Gasteiger partial charge is 0.393 e. The van der Waals surface area contributed by atoms with E-state index in [1.54, 1.807) is 5.57 Å². The summed E-state index contributed by atoms with van der Waals surface area (Å²) >= 11 is 0. The van der Waals surface area contributed by atoms with Crippen molar-refractivity contribution < 1.29 is 5.11 Å². The van der Waals surface area contributed by atoms with E-state index in [0.29, 0.717) is 16.2 Å². The average Bonchev–Trinajstić information content (AvgIpc) is 3.07. The molecule has 0 unspecified atom stereocenters. The molecule has 0 aromatic carbocycles. The van der Waals surface area contributed by atoms with Crippen LogP contribution in [0.3, 0.4) is 0 Å². The summed E-state index contributed by atoms with van der Waals surface area (Å²) in [6, 6.07) is 0. The van der Waals surface area contributed by atoms with Crippen LogP contribution in [0.2, 0.25) is 0 Å². The van der Waals surface area contributed by atoms with Crippen LogP contribution in [0.15, 0.2) is 11.6 Å². The summed E-state index contributed by atoms with van der Waals surface area (Å²) in [6.45, 7) is 17.8. The predicted molar refractivity (Wildman–Crippen MR) is 133 cm³/mol. The first-order valence-corrected chi connectivity index (χ1v) is 13.9. The Hall–Kier alpha value is -0.300. The number of hydrogen-bond donors (Lipinski definition) is 1. The molecule has 0 heterocycles. The lowest BCUT2D eigenvalue weighted by Gasteiger charge is -2.64. The maximum absolute atomic E-state index is 10.3. The Morgan fingerprint density at radius 1 is 0.968 bits per heavy atom. The molecule has 1 heteroatoms. The zero-order valence-electron chi connectivity index (χ0n) is 21.8. The second-order valence-electron chi connectivity index (χ2n) is 13.5. The van der Waals surface area contributed by atoms with Crippen molar-refractivity contribution in [1.29, 1.82) is 0 Å². The number of fused-ring (bicyclic) bond motifs is 5. The lowest BCUT2D eigenvalue weighted by molar-refractivity contribution is -0.118. The summed E-state index contributed by atoms with van der Waals surface area (Å²) in [5.41, 5.74) is 2.92. The Kier molecular flexibility index (Phi) is 6.53. The van der Waals surface area contributed by atoms with Crippen molar-refractivity contribution in [2.75, 3.05) is 0 Å². The summed E-state index contributed by atoms with van der Waals surface area (Å²) in [4.78, 5) is 0.